The molecule has 118 valence electrons. The minimum atomic E-state index is -2.12. The Bertz CT molecular complexity index is 733. The van der Waals surface area contributed by atoms with E-state index in [1.807, 2.05) is 0 Å². The maximum absolute atomic E-state index is 13.0. The molecule has 2 aromatic carbocycles. The Morgan fingerprint density at radius 3 is 2.43 bits per heavy atom. The van der Waals surface area contributed by atoms with E-state index in [0.29, 0.717) is 11.4 Å². The van der Waals surface area contributed by atoms with E-state index >= 15 is 0 Å². The molecule has 23 heavy (non-hydrogen) atoms. The van der Waals surface area contributed by atoms with Crippen molar-refractivity contribution >= 4 is 23.2 Å². The van der Waals surface area contributed by atoms with Gasteiger partial charge in [-0.25, -0.2) is 4.39 Å². The van der Waals surface area contributed by atoms with Gasteiger partial charge in [-0.3, -0.25) is 9.59 Å². The Morgan fingerprint density at radius 1 is 1.13 bits per heavy atom. The zero-order valence-corrected chi connectivity index (χ0v) is 12.2. The maximum atomic E-state index is 13.0. The highest BCUT2D eigenvalue weighted by molar-refractivity contribution is 6.19. The Morgan fingerprint density at radius 2 is 1.78 bits per heavy atom. The monoisotopic (exact) mass is 314 g/mol. The lowest BCUT2D eigenvalue weighted by Crippen LogP contribution is -2.49. The van der Waals surface area contributed by atoms with Crippen molar-refractivity contribution in [3.8, 4) is 0 Å². The number of hydrogen-bond donors (Lipinski definition) is 2. The number of nitrogens with one attached hydrogen (secondary N) is 1. The minimum Gasteiger partial charge on any atom is -0.372 e. The van der Waals surface area contributed by atoms with Gasteiger partial charge < -0.3 is 15.3 Å². The van der Waals surface area contributed by atoms with E-state index in [0.717, 1.165) is 0 Å². The van der Waals surface area contributed by atoms with Crippen LogP contribution in [0.25, 0.3) is 0 Å². The van der Waals surface area contributed by atoms with Gasteiger partial charge in [0.2, 0.25) is 5.60 Å². The highest BCUT2D eigenvalue weighted by Gasteiger charge is 2.51. The van der Waals surface area contributed by atoms with Crippen LogP contribution in [0.15, 0.2) is 54.6 Å². The molecule has 1 atom stereocenters. The molecule has 0 aliphatic carbocycles. The number of para-hydroxylation sites is 1. The molecule has 1 fully saturated rings. The van der Waals surface area contributed by atoms with E-state index in [1.165, 1.54) is 29.2 Å². The number of halogens is 1. The zero-order valence-electron chi connectivity index (χ0n) is 12.2. The molecule has 0 spiro atoms. The van der Waals surface area contributed by atoms with Gasteiger partial charge in [0, 0.05) is 24.3 Å². The lowest BCUT2D eigenvalue weighted by atomic mass is 10.0. The lowest BCUT2D eigenvalue weighted by Gasteiger charge is -2.21. The van der Waals surface area contributed by atoms with Gasteiger partial charge in [-0.05, 0) is 36.4 Å². The number of nitrogens with zero attached hydrogens (tertiary/aromatic N) is 1. The van der Waals surface area contributed by atoms with Gasteiger partial charge in [-0.1, -0.05) is 18.2 Å². The molecule has 5 nitrogen and oxygen atoms in total. The Hall–Kier alpha value is -2.73. The van der Waals surface area contributed by atoms with Crippen molar-refractivity contribution in [3.05, 3.63) is 60.4 Å². The van der Waals surface area contributed by atoms with Crippen molar-refractivity contribution in [3.63, 3.8) is 0 Å². The number of hydrogen-bond acceptors (Lipinski definition) is 3. The lowest BCUT2D eigenvalue weighted by molar-refractivity contribution is -0.145. The van der Waals surface area contributed by atoms with E-state index in [2.05, 4.69) is 5.32 Å². The molecule has 2 amide bonds. The first-order chi connectivity index (χ1) is 11.0. The third-order valence-corrected chi connectivity index (χ3v) is 3.84. The number of carbonyl (C=O) groups excluding carboxylic acids is 2. The number of amides is 2. The zero-order chi connectivity index (χ0) is 16.4. The van der Waals surface area contributed by atoms with Gasteiger partial charge in [0.25, 0.3) is 11.8 Å². The fraction of sp³-hybridized carbons (Fsp3) is 0.176. The average Bonchev–Trinajstić information content (AvgIpc) is 2.86. The van der Waals surface area contributed by atoms with E-state index in [9.17, 15) is 19.1 Å². The van der Waals surface area contributed by atoms with Crippen molar-refractivity contribution in [2.45, 2.75) is 12.0 Å². The molecule has 1 saturated heterocycles. The second-order valence-electron chi connectivity index (χ2n) is 5.36. The largest absolute Gasteiger partial charge is 0.372 e. The van der Waals surface area contributed by atoms with Crippen molar-refractivity contribution < 1.29 is 19.1 Å². The molecule has 0 radical (unpaired) electrons. The molecule has 0 saturated carbocycles. The van der Waals surface area contributed by atoms with Crippen LogP contribution in [0.1, 0.15) is 6.42 Å². The van der Waals surface area contributed by atoms with E-state index in [1.54, 1.807) is 30.3 Å². The van der Waals surface area contributed by atoms with Gasteiger partial charge in [0.05, 0.1) is 0 Å². The summed E-state index contributed by atoms with van der Waals surface area (Å²) >= 11 is 0. The fourth-order valence-corrected chi connectivity index (χ4v) is 2.54. The molecule has 1 aliphatic heterocycles. The van der Waals surface area contributed by atoms with Crippen LogP contribution in [0.3, 0.4) is 0 Å². The Labute approximate surface area is 132 Å². The van der Waals surface area contributed by atoms with Crippen LogP contribution in [-0.2, 0) is 9.59 Å². The van der Waals surface area contributed by atoms with Gasteiger partial charge >= 0.3 is 0 Å². The van der Waals surface area contributed by atoms with Crippen molar-refractivity contribution in [2.24, 2.45) is 0 Å². The van der Waals surface area contributed by atoms with Crippen molar-refractivity contribution in [1.29, 1.82) is 0 Å². The Kier molecular flexibility index (Phi) is 3.83. The van der Waals surface area contributed by atoms with Crippen LogP contribution in [0.2, 0.25) is 0 Å². The molecule has 0 aromatic heterocycles. The molecule has 6 heteroatoms. The first-order valence-electron chi connectivity index (χ1n) is 7.17. The predicted molar refractivity (Wildman–Crippen MR) is 83.4 cm³/mol. The molecule has 1 heterocycles. The quantitative estimate of drug-likeness (QED) is 0.851. The fourth-order valence-electron chi connectivity index (χ4n) is 2.54. The normalized spacial score (nSPS) is 20.6. The molecule has 2 N–H and O–H groups in total. The summed E-state index contributed by atoms with van der Waals surface area (Å²) in [7, 11) is 0. The summed E-state index contributed by atoms with van der Waals surface area (Å²) in [6.07, 6.45) is -0.0259. The van der Waals surface area contributed by atoms with Crippen molar-refractivity contribution in [2.75, 3.05) is 16.8 Å². The molecule has 1 unspecified atom stereocenters. The molecule has 0 bridgehead atoms. The van der Waals surface area contributed by atoms with Crippen LogP contribution < -0.4 is 10.2 Å². The second kappa shape index (κ2) is 5.81. The van der Waals surface area contributed by atoms with Crippen LogP contribution in [0, 0.1) is 5.82 Å². The molecule has 3 rings (SSSR count). The van der Waals surface area contributed by atoms with E-state index < -0.39 is 23.2 Å². The number of anilines is 2. The number of aliphatic hydroxyl groups is 1. The SMILES string of the molecule is O=C(Nc1ccccc1)C1(O)CCN(c2ccc(F)cc2)C1=O. The number of rotatable bonds is 3. The molecule has 2 aromatic rings. The van der Waals surface area contributed by atoms with Gasteiger partial charge in [-0.2, -0.15) is 0 Å². The predicted octanol–water partition coefficient (Wildman–Crippen LogP) is 1.93. The maximum Gasteiger partial charge on any atom is 0.268 e. The van der Waals surface area contributed by atoms with Crippen LogP contribution in [0.5, 0.6) is 0 Å². The Balaban J connectivity index is 1.79. The van der Waals surface area contributed by atoms with Crippen LogP contribution in [-0.4, -0.2) is 29.1 Å². The van der Waals surface area contributed by atoms with Gasteiger partial charge in [0.15, 0.2) is 0 Å². The standard InChI is InChI=1S/C17H15FN2O3/c18-12-6-8-14(9-7-12)20-11-10-17(23,16(20)22)15(21)19-13-4-2-1-3-5-13/h1-9,23H,10-11H2,(H,19,21). The third-order valence-electron chi connectivity index (χ3n) is 3.84. The third kappa shape index (κ3) is 2.80. The highest BCUT2D eigenvalue weighted by atomic mass is 19.1. The second-order valence-corrected chi connectivity index (χ2v) is 5.36. The van der Waals surface area contributed by atoms with Gasteiger partial charge in [-0.15, -0.1) is 0 Å². The summed E-state index contributed by atoms with van der Waals surface area (Å²) in [5, 5.41) is 13.0. The first kappa shape index (κ1) is 15.2. The van der Waals surface area contributed by atoms with Crippen molar-refractivity contribution in [1.82, 2.24) is 0 Å². The average molecular weight is 314 g/mol. The summed E-state index contributed by atoms with van der Waals surface area (Å²) in [5.74, 6) is -1.90. The molecule has 1 aliphatic rings. The van der Waals surface area contributed by atoms with E-state index in [4.69, 9.17) is 0 Å². The van der Waals surface area contributed by atoms with Gasteiger partial charge in [0.1, 0.15) is 5.82 Å². The summed E-state index contributed by atoms with van der Waals surface area (Å²) in [6.45, 7) is 0.184. The topological polar surface area (TPSA) is 69.6 Å². The van der Waals surface area contributed by atoms with E-state index in [-0.39, 0.29) is 13.0 Å². The van der Waals surface area contributed by atoms with Crippen LogP contribution >= 0.6 is 0 Å². The summed E-state index contributed by atoms with van der Waals surface area (Å²) in [6, 6.07) is 13.9. The number of benzene rings is 2. The first-order valence-corrected chi connectivity index (χ1v) is 7.17. The smallest absolute Gasteiger partial charge is 0.268 e. The minimum absolute atomic E-state index is 0.0259. The summed E-state index contributed by atoms with van der Waals surface area (Å²) in [4.78, 5) is 26.1. The highest BCUT2D eigenvalue weighted by Crippen LogP contribution is 2.29. The molecular weight excluding hydrogens is 299 g/mol. The number of carbonyl (C=O) groups is 2. The van der Waals surface area contributed by atoms with Crippen LogP contribution in [0.4, 0.5) is 15.8 Å². The summed E-state index contributed by atoms with van der Waals surface area (Å²) in [5.41, 5.74) is -1.18. The summed E-state index contributed by atoms with van der Waals surface area (Å²) < 4.78 is 13.0. The molecular formula is C17H15FN2O3.